The summed E-state index contributed by atoms with van der Waals surface area (Å²) in [4.78, 5) is 12.0. The van der Waals surface area contributed by atoms with E-state index in [1.165, 1.54) is 5.56 Å². The van der Waals surface area contributed by atoms with Crippen LogP contribution in [0.1, 0.15) is 11.1 Å². The van der Waals surface area contributed by atoms with E-state index in [9.17, 15) is 4.79 Å². The van der Waals surface area contributed by atoms with Crippen molar-refractivity contribution in [2.24, 2.45) is 0 Å². The van der Waals surface area contributed by atoms with Crippen LogP contribution >= 0.6 is 0 Å². The summed E-state index contributed by atoms with van der Waals surface area (Å²) in [6.07, 6.45) is 0. The topological polar surface area (TPSA) is 59.6 Å². The van der Waals surface area contributed by atoms with Gasteiger partial charge in [-0.25, -0.2) is 4.79 Å². The van der Waals surface area contributed by atoms with Crippen molar-refractivity contribution in [3.63, 3.8) is 0 Å². The number of urea groups is 1. The summed E-state index contributed by atoms with van der Waals surface area (Å²) in [5, 5.41) is 5.56. The van der Waals surface area contributed by atoms with Gasteiger partial charge in [0.25, 0.3) is 0 Å². The summed E-state index contributed by atoms with van der Waals surface area (Å²) in [6.45, 7) is 3.35. The number of hydrogen-bond donors (Lipinski definition) is 2. The molecule has 0 fully saturated rings. The van der Waals surface area contributed by atoms with Crippen LogP contribution in [0.4, 0.5) is 10.5 Å². The van der Waals surface area contributed by atoms with E-state index >= 15 is 0 Å². The average Bonchev–Trinajstić information content (AvgIpc) is 2.73. The lowest BCUT2D eigenvalue weighted by atomic mass is 10.2. The molecule has 0 aliphatic rings. The Bertz CT molecular complexity index is 863. The largest absolute Gasteiger partial charge is 0.492 e. The number of anilines is 1. The highest BCUT2D eigenvalue weighted by Gasteiger charge is 2.02. The number of hydrogen-bond acceptors (Lipinski definition) is 3. The quantitative estimate of drug-likeness (QED) is 0.557. The van der Waals surface area contributed by atoms with Gasteiger partial charge in [-0.3, -0.25) is 0 Å². The van der Waals surface area contributed by atoms with Gasteiger partial charge in [-0.2, -0.15) is 0 Å². The van der Waals surface area contributed by atoms with Gasteiger partial charge in [-0.1, -0.05) is 48.0 Å². The summed E-state index contributed by atoms with van der Waals surface area (Å²) in [7, 11) is 0. The molecule has 0 unspecified atom stereocenters. The van der Waals surface area contributed by atoms with Crippen LogP contribution in [-0.2, 0) is 6.61 Å². The van der Waals surface area contributed by atoms with Crippen molar-refractivity contribution >= 4 is 11.7 Å². The Balaban J connectivity index is 1.36. The number of nitrogens with one attached hydrogen (secondary N) is 2. The minimum Gasteiger partial charge on any atom is -0.492 e. The van der Waals surface area contributed by atoms with Crippen LogP contribution < -0.4 is 20.1 Å². The normalized spacial score (nSPS) is 10.2. The third-order valence-corrected chi connectivity index (χ3v) is 4.04. The Morgan fingerprint density at radius 2 is 1.46 bits per heavy atom. The van der Waals surface area contributed by atoms with Crippen LogP contribution in [0.2, 0.25) is 0 Å². The maximum absolute atomic E-state index is 12.0. The molecule has 2 amide bonds. The molecule has 0 atom stereocenters. The first-order valence-electron chi connectivity index (χ1n) is 9.20. The smallest absolute Gasteiger partial charge is 0.319 e. The van der Waals surface area contributed by atoms with E-state index in [4.69, 9.17) is 9.47 Å². The van der Waals surface area contributed by atoms with Gasteiger partial charge >= 0.3 is 6.03 Å². The monoisotopic (exact) mass is 376 g/mol. The predicted octanol–water partition coefficient (Wildman–Crippen LogP) is 4.77. The van der Waals surface area contributed by atoms with Crippen molar-refractivity contribution in [1.29, 1.82) is 0 Å². The third-order valence-electron chi connectivity index (χ3n) is 4.04. The fraction of sp³-hybridized carbons (Fsp3) is 0.174. The third kappa shape index (κ3) is 6.36. The van der Waals surface area contributed by atoms with Crippen molar-refractivity contribution in [2.45, 2.75) is 13.5 Å². The van der Waals surface area contributed by atoms with Crippen LogP contribution in [0.25, 0.3) is 0 Å². The average molecular weight is 376 g/mol. The number of rotatable bonds is 8. The lowest BCUT2D eigenvalue weighted by Crippen LogP contribution is -2.32. The molecule has 5 heteroatoms. The van der Waals surface area contributed by atoms with E-state index in [-0.39, 0.29) is 6.03 Å². The van der Waals surface area contributed by atoms with Gasteiger partial charge in [0.05, 0.1) is 6.54 Å². The van der Waals surface area contributed by atoms with Gasteiger partial charge in [0.1, 0.15) is 24.7 Å². The number of benzene rings is 3. The Hall–Kier alpha value is -3.47. The Morgan fingerprint density at radius 3 is 2.18 bits per heavy atom. The van der Waals surface area contributed by atoms with Crippen molar-refractivity contribution in [2.75, 3.05) is 18.5 Å². The predicted molar refractivity (Wildman–Crippen MR) is 111 cm³/mol. The second kappa shape index (κ2) is 10.0. The molecule has 0 radical (unpaired) electrons. The van der Waals surface area contributed by atoms with E-state index in [2.05, 4.69) is 10.6 Å². The number of amides is 2. The molecule has 0 bridgehead atoms. The molecule has 0 aliphatic carbocycles. The van der Waals surface area contributed by atoms with Crippen LogP contribution in [-0.4, -0.2) is 19.2 Å². The SMILES string of the molecule is Cc1ccc(OCCNC(=O)Nc2ccc(OCc3ccccc3)cc2)cc1. The fourth-order valence-corrected chi connectivity index (χ4v) is 2.52. The summed E-state index contributed by atoms with van der Waals surface area (Å²) in [6, 6.07) is 24.8. The standard InChI is InChI=1S/C23H24N2O3/c1-18-7-11-21(12-8-18)27-16-15-24-23(26)25-20-9-13-22(14-10-20)28-17-19-5-3-2-4-6-19/h2-14H,15-17H2,1H3,(H2,24,25,26). The van der Waals surface area contributed by atoms with Gasteiger partial charge in [0, 0.05) is 5.69 Å². The molecule has 3 rings (SSSR count). The fourth-order valence-electron chi connectivity index (χ4n) is 2.52. The van der Waals surface area contributed by atoms with E-state index in [0.29, 0.717) is 25.4 Å². The van der Waals surface area contributed by atoms with Gasteiger partial charge in [-0.05, 0) is 48.9 Å². The maximum atomic E-state index is 12.0. The molecule has 28 heavy (non-hydrogen) atoms. The van der Waals surface area contributed by atoms with Gasteiger partial charge in [0.15, 0.2) is 0 Å². The molecule has 3 aromatic rings. The highest BCUT2D eigenvalue weighted by molar-refractivity contribution is 5.89. The number of carbonyl (C=O) groups excluding carboxylic acids is 1. The molecule has 0 heterocycles. The highest BCUT2D eigenvalue weighted by atomic mass is 16.5. The van der Waals surface area contributed by atoms with Crippen molar-refractivity contribution in [3.8, 4) is 11.5 Å². The molecule has 0 spiro atoms. The molecular formula is C23H24N2O3. The lowest BCUT2D eigenvalue weighted by Gasteiger charge is -2.10. The Labute approximate surface area is 165 Å². The first-order valence-corrected chi connectivity index (χ1v) is 9.20. The van der Waals surface area contributed by atoms with E-state index in [1.807, 2.05) is 85.8 Å². The molecule has 0 aliphatic heterocycles. The zero-order valence-electron chi connectivity index (χ0n) is 15.9. The summed E-state index contributed by atoms with van der Waals surface area (Å²) >= 11 is 0. The first kappa shape index (κ1) is 19.3. The highest BCUT2D eigenvalue weighted by Crippen LogP contribution is 2.17. The Morgan fingerprint density at radius 1 is 0.821 bits per heavy atom. The number of aryl methyl sites for hydroxylation is 1. The van der Waals surface area contributed by atoms with E-state index < -0.39 is 0 Å². The second-order valence-corrected chi connectivity index (χ2v) is 6.34. The molecule has 5 nitrogen and oxygen atoms in total. The summed E-state index contributed by atoms with van der Waals surface area (Å²) < 4.78 is 11.3. The summed E-state index contributed by atoms with van der Waals surface area (Å²) in [5.74, 6) is 1.54. The minimum atomic E-state index is -0.273. The van der Waals surface area contributed by atoms with Crippen molar-refractivity contribution in [1.82, 2.24) is 5.32 Å². The number of ether oxygens (including phenoxy) is 2. The van der Waals surface area contributed by atoms with E-state index in [0.717, 1.165) is 17.1 Å². The Kier molecular flexibility index (Phi) is 6.90. The molecular weight excluding hydrogens is 352 g/mol. The van der Waals surface area contributed by atoms with E-state index in [1.54, 1.807) is 0 Å². The molecule has 0 saturated carbocycles. The minimum absolute atomic E-state index is 0.273. The maximum Gasteiger partial charge on any atom is 0.319 e. The molecule has 3 aromatic carbocycles. The van der Waals surface area contributed by atoms with Crippen LogP contribution in [0.5, 0.6) is 11.5 Å². The second-order valence-electron chi connectivity index (χ2n) is 6.34. The van der Waals surface area contributed by atoms with Gasteiger partial charge in [-0.15, -0.1) is 0 Å². The van der Waals surface area contributed by atoms with Crippen molar-refractivity contribution < 1.29 is 14.3 Å². The molecule has 0 saturated heterocycles. The molecule has 0 aromatic heterocycles. The van der Waals surface area contributed by atoms with Gasteiger partial charge in [0.2, 0.25) is 0 Å². The number of carbonyl (C=O) groups is 1. The van der Waals surface area contributed by atoms with Crippen LogP contribution in [0.3, 0.4) is 0 Å². The molecule has 144 valence electrons. The zero-order chi connectivity index (χ0) is 19.6. The molecule has 2 N–H and O–H groups in total. The van der Waals surface area contributed by atoms with Crippen LogP contribution in [0, 0.1) is 6.92 Å². The summed E-state index contributed by atoms with van der Waals surface area (Å²) in [5.41, 5.74) is 2.99. The van der Waals surface area contributed by atoms with Crippen LogP contribution in [0.15, 0.2) is 78.9 Å². The van der Waals surface area contributed by atoms with Crippen molar-refractivity contribution in [3.05, 3.63) is 90.0 Å². The lowest BCUT2D eigenvalue weighted by molar-refractivity contribution is 0.247. The zero-order valence-corrected chi connectivity index (χ0v) is 15.9. The first-order chi connectivity index (χ1) is 13.7. The van der Waals surface area contributed by atoms with Gasteiger partial charge < -0.3 is 20.1 Å².